The Morgan fingerprint density at radius 3 is 2.90 bits per heavy atom. The van der Waals surface area contributed by atoms with Gasteiger partial charge in [-0.25, -0.2) is 4.79 Å². The Bertz CT molecular complexity index is 849. The number of amides is 4. The van der Waals surface area contributed by atoms with Crippen LogP contribution in [0.15, 0.2) is 18.2 Å². The molecule has 3 aliphatic rings. The highest BCUT2D eigenvalue weighted by Gasteiger charge is 2.39. The van der Waals surface area contributed by atoms with Crippen molar-refractivity contribution in [3.05, 3.63) is 34.9 Å². The second kappa shape index (κ2) is 8.20. The Morgan fingerprint density at radius 1 is 1.28 bits per heavy atom. The lowest BCUT2D eigenvalue weighted by molar-refractivity contribution is -0.136. The van der Waals surface area contributed by atoms with Crippen LogP contribution in [0.25, 0.3) is 0 Å². The molecular weight excluding hydrogens is 378 g/mol. The predicted molar refractivity (Wildman–Crippen MR) is 99.6 cm³/mol. The summed E-state index contributed by atoms with van der Waals surface area (Å²) in [6.45, 7) is 1.49. The molecule has 2 saturated heterocycles. The van der Waals surface area contributed by atoms with Crippen LogP contribution in [-0.4, -0.2) is 54.1 Å². The zero-order valence-electron chi connectivity index (χ0n) is 15.9. The van der Waals surface area contributed by atoms with Gasteiger partial charge in [-0.15, -0.1) is 0 Å². The molecule has 0 bridgehead atoms. The molecule has 4 rings (SSSR count). The third-order valence-corrected chi connectivity index (χ3v) is 5.45. The number of nitrogens with zero attached hydrogens (tertiary/aromatic N) is 1. The van der Waals surface area contributed by atoms with Crippen molar-refractivity contribution in [3.8, 4) is 0 Å². The fourth-order valence-electron chi connectivity index (χ4n) is 3.88. The summed E-state index contributed by atoms with van der Waals surface area (Å²) in [4.78, 5) is 49.6. The van der Waals surface area contributed by atoms with Crippen molar-refractivity contribution in [2.24, 2.45) is 0 Å². The van der Waals surface area contributed by atoms with Gasteiger partial charge in [-0.3, -0.25) is 19.7 Å². The van der Waals surface area contributed by atoms with Gasteiger partial charge in [-0.05, 0) is 36.5 Å². The molecule has 0 spiro atoms. The predicted octanol–water partition coefficient (Wildman–Crippen LogP) is 0.853. The van der Waals surface area contributed by atoms with E-state index in [1.54, 1.807) is 6.07 Å². The minimum atomic E-state index is -0.637. The largest absolute Gasteiger partial charge is 0.447 e. The zero-order chi connectivity index (χ0) is 20.4. The number of ether oxygens (including phenoxy) is 2. The Labute approximate surface area is 167 Å². The molecule has 29 heavy (non-hydrogen) atoms. The fourth-order valence-corrected chi connectivity index (χ4v) is 3.88. The van der Waals surface area contributed by atoms with E-state index in [0.717, 1.165) is 24.0 Å². The molecule has 9 heteroatoms. The highest BCUT2D eigenvalue weighted by atomic mass is 16.6. The van der Waals surface area contributed by atoms with Gasteiger partial charge < -0.3 is 19.7 Å². The Balaban J connectivity index is 1.33. The zero-order valence-corrected chi connectivity index (χ0v) is 15.9. The lowest BCUT2D eigenvalue weighted by Crippen LogP contribution is -2.52. The second-order valence-corrected chi connectivity index (χ2v) is 7.48. The topological polar surface area (TPSA) is 114 Å². The summed E-state index contributed by atoms with van der Waals surface area (Å²) in [6.07, 6.45) is 1.86. The number of fused-ring (bicyclic) bond motifs is 1. The van der Waals surface area contributed by atoms with E-state index in [9.17, 15) is 19.2 Å². The normalized spacial score (nSPS) is 23.7. The molecule has 0 aliphatic carbocycles. The summed E-state index contributed by atoms with van der Waals surface area (Å²) < 4.78 is 10.6. The third kappa shape index (κ3) is 4.24. The second-order valence-electron chi connectivity index (χ2n) is 7.48. The monoisotopic (exact) mass is 401 g/mol. The van der Waals surface area contributed by atoms with Crippen molar-refractivity contribution in [2.45, 2.75) is 50.9 Å². The highest BCUT2D eigenvalue weighted by Crippen LogP contribution is 2.28. The molecule has 154 valence electrons. The Morgan fingerprint density at radius 2 is 2.14 bits per heavy atom. The van der Waals surface area contributed by atoms with Gasteiger partial charge in [0.15, 0.2) is 0 Å². The van der Waals surface area contributed by atoms with Gasteiger partial charge >= 0.3 is 6.09 Å². The van der Waals surface area contributed by atoms with Gasteiger partial charge in [-0.1, -0.05) is 12.1 Å². The molecule has 3 aliphatic heterocycles. The number of hydrogen-bond acceptors (Lipinski definition) is 6. The van der Waals surface area contributed by atoms with Gasteiger partial charge in [0.2, 0.25) is 11.8 Å². The number of benzene rings is 1. The van der Waals surface area contributed by atoms with Crippen LogP contribution in [0.2, 0.25) is 0 Å². The van der Waals surface area contributed by atoms with Crippen molar-refractivity contribution in [2.75, 3.05) is 13.2 Å². The quantitative estimate of drug-likeness (QED) is 0.707. The van der Waals surface area contributed by atoms with E-state index < -0.39 is 18.0 Å². The lowest BCUT2D eigenvalue weighted by atomic mass is 10.0. The summed E-state index contributed by atoms with van der Waals surface area (Å²) in [5.74, 6) is -0.981. The minimum Gasteiger partial charge on any atom is -0.447 e. The maximum atomic E-state index is 12.8. The van der Waals surface area contributed by atoms with Gasteiger partial charge in [-0.2, -0.15) is 0 Å². The maximum Gasteiger partial charge on any atom is 0.407 e. The van der Waals surface area contributed by atoms with Crippen molar-refractivity contribution in [1.29, 1.82) is 0 Å². The number of rotatable bonds is 5. The van der Waals surface area contributed by atoms with Crippen LogP contribution in [0.3, 0.4) is 0 Å². The van der Waals surface area contributed by atoms with Gasteiger partial charge in [0.05, 0.1) is 6.10 Å². The van der Waals surface area contributed by atoms with Gasteiger partial charge in [0.25, 0.3) is 5.91 Å². The molecule has 2 atom stereocenters. The maximum absolute atomic E-state index is 12.8. The lowest BCUT2D eigenvalue weighted by Gasteiger charge is -2.29. The van der Waals surface area contributed by atoms with Crippen molar-refractivity contribution in [1.82, 2.24) is 15.5 Å². The van der Waals surface area contributed by atoms with E-state index in [1.165, 1.54) is 4.90 Å². The molecule has 0 aromatic heterocycles. The fraction of sp³-hybridized carbons (Fsp3) is 0.500. The molecule has 0 saturated carbocycles. The molecule has 4 amide bonds. The Kier molecular flexibility index (Phi) is 5.48. The summed E-state index contributed by atoms with van der Waals surface area (Å²) >= 11 is 0. The third-order valence-electron chi connectivity index (χ3n) is 5.45. The number of hydrogen-bond donors (Lipinski definition) is 2. The van der Waals surface area contributed by atoms with Crippen LogP contribution in [-0.2, 0) is 32.2 Å². The molecule has 0 radical (unpaired) electrons. The average Bonchev–Trinajstić information content (AvgIpc) is 3.33. The molecule has 1 aromatic rings. The van der Waals surface area contributed by atoms with Crippen LogP contribution >= 0.6 is 0 Å². The number of carbonyl (C=O) groups excluding carboxylic acids is 4. The van der Waals surface area contributed by atoms with Crippen LogP contribution < -0.4 is 10.6 Å². The first-order chi connectivity index (χ1) is 14.0. The molecule has 9 nitrogen and oxygen atoms in total. The van der Waals surface area contributed by atoms with Crippen LogP contribution in [0.1, 0.15) is 47.2 Å². The number of carbonyl (C=O) groups is 4. The molecule has 2 fully saturated rings. The Hall–Kier alpha value is -2.94. The van der Waals surface area contributed by atoms with Crippen LogP contribution in [0.5, 0.6) is 0 Å². The molecule has 1 unspecified atom stereocenters. The van der Waals surface area contributed by atoms with Crippen molar-refractivity contribution >= 4 is 23.8 Å². The summed E-state index contributed by atoms with van der Waals surface area (Å²) in [5.41, 5.74) is 2.10. The smallest absolute Gasteiger partial charge is 0.407 e. The first kappa shape index (κ1) is 19.4. The standard InChI is InChI=1S/C20H23N3O6/c24-17-6-5-16(18(25)22-17)23-10-13-4-3-12(8-15(13)19(23)26)9-21-20(27)29-11-14-2-1-7-28-14/h3-4,8,14,16H,1-2,5-7,9-11H2,(H,21,27)(H,22,24,25)/t14-,16?/m1/s1. The van der Waals surface area contributed by atoms with Gasteiger partial charge in [0.1, 0.15) is 12.6 Å². The van der Waals surface area contributed by atoms with Gasteiger partial charge in [0, 0.05) is 31.7 Å². The van der Waals surface area contributed by atoms with Crippen molar-refractivity contribution in [3.63, 3.8) is 0 Å². The van der Waals surface area contributed by atoms with Crippen molar-refractivity contribution < 1.29 is 28.7 Å². The molecule has 2 N–H and O–H groups in total. The summed E-state index contributed by atoms with van der Waals surface area (Å²) in [7, 11) is 0. The number of imide groups is 1. The van der Waals surface area contributed by atoms with E-state index in [2.05, 4.69) is 10.6 Å². The number of nitrogens with one attached hydrogen (secondary N) is 2. The highest BCUT2D eigenvalue weighted by molar-refractivity contribution is 6.05. The van der Waals surface area contributed by atoms with Crippen LogP contribution in [0.4, 0.5) is 4.79 Å². The first-order valence-corrected chi connectivity index (χ1v) is 9.80. The first-order valence-electron chi connectivity index (χ1n) is 9.80. The SMILES string of the molecule is O=C1CCC(N2Cc3ccc(CNC(=O)OC[C@H]4CCCO4)cc3C2=O)C(=O)N1. The average molecular weight is 401 g/mol. The van der Waals surface area contributed by atoms with E-state index in [-0.39, 0.29) is 37.5 Å². The van der Waals surface area contributed by atoms with E-state index in [1.807, 2.05) is 12.1 Å². The van der Waals surface area contributed by atoms with Crippen LogP contribution in [0, 0.1) is 0 Å². The summed E-state index contributed by atoms with van der Waals surface area (Å²) in [6, 6.07) is 4.75. The van der Waals surface area contributed by atoms with E-state index >= 15 is 0 Å². The molecule has 1 aromatic carbocycles. The minimum absolute atomic E-state index is 0.0309. The molecule has 3 heterocycles. The number of piperidine rings is 1. The van der Waals surface area contributed by atoms with E-state index in [4.69, 9.17) is 9.47 Å². The molecular formula is C20H23N3O6. The van der Waals surface area contributed by atoms with E-state index in [0.29, 0.717) is 25.1 Å². The summed E-state index contributed by atoms with van der Waals surface area (Å²) in [5, 5.41) is 4.96. The number of alkyl carbamates (subject to hydrolysis) is 1.